The predicted octanol–water partition coefficient (Wildman–Crippen LogP) is 3.57. The lowest BCUT2D eigenvalue weighted by Gasteiger charge is -2.10. The number of amides is 2. The van der Waals surface area contributed by atoms with Crippen molar-refractivity contribution in [2.24, 2.45) is 0 Å². The van der Waals surface area contributed by atoms with E-state index in [0.717, 1.165) is 11.3 Å². The Labute approximate surface area is 183 Å². The van der Waals surface area contributed by atoms with Gasteiger partial charge in [0.2, 0.25) is 5.91 Å². The number of carbonyl (C=O) groups excluding carboxylic acids is 2. The first-order chi connectivity index (χ1) is 15.0. The first kappa shape index (κ1) is 22.2. The predicted molar refractivity (Wildman–Crippen MR) is 118 cm³/mol. The van der Waals surface area contributed by atoms with E-state index in [1.807, 2.05) is 31.2 Å². The van der Waals surface area contributed by atoms with Crippen LogP contribution in [0.25, 0.3) is 0 Å². The molecule has 1 heterocycles. The van der Waals surface area contributed by atoms with Crippen LogP contribution in [0.5, 0.6) is 0 Å². The number of nitrogens with zero attached hydrogens (tertiary/aromatic N) is 3. The normalized spacial score (nSPS) is 10.5. The van der Waals surface area contributed by atoms with Crippen molar-refractivity contribution in [3.05, 3.63) is 84.0 Å². The molecule has 0 aliphatic heterocycles. The highest BCUT2D eigenvalue weighted by atomic mass is 32.2. The lowest BCUT2D eigenvalue weighted by Crippen LogP contribution is -2.25. The fraction of sp³-hybridized carbons (Fsp3) is 0.182. The second-order valence-corrected chi connectivity index (χ2v) is 7.55. The number of benzene rings is 2. The monoisotopic (exact) mass is 439 g/mol. The maximum Gasteiger partial charge on any atom is 0.254 e. The number of anilines is 1. The highest BCUT2D eigenvalue weighted by Gasteiger charge is 2.16. The third-order valence-corrected chi connectivity index (χ3v) is 5.35. The van der Waals surface area contributed by atoms with Crippen LogP contribution in [0.1, 0.15) is 21.7 Å². The van der Waals surface area contributed by atoms with Crippen molar-refractivity contribution in [2.75, 3.05) is 11.1 Å². The minimum absolute atomic E-state index is 0.0419. The largest absolute Gasteiger partial charge is 0.345 e. The molecule has 31 heavy (non-hydrogen) atoms. The Kier molecular flexibility index (Phi) is 7.55. The third kappa shape index (κ3) is 5.79. The molecule has 0 aliphatic rings. The Balaban J connectivity index is 1.62. The molecular formula is C22H22FN5O2S. The van der Waals surface area contributed by atoms with E-state index in [-0.39, 0.29) is 23.8 Å². The first-order valence-corrected chi connectivity index (χ1v) is 10.5. The molecule has 2 N–H and O–H groups in total. The van der Waals surface area contributed by atoms with E-state index < -0.39 is 11.7 Å². The number of rotatable bonds is 9. The van der Waals surface area contributed by atoms with Gasteiger partial charge in [0.25, 0.3) is 5.91 Å². The molecule has 0 radical (unpaired) electrons. The fourth-order valence-electron chi connectivity index (χ4n) is 2.80. The maximum absolute atomic E-state index is 13.8. The molecule has 160 valence electrons. The van der Waals surface area contributed by atoms with Gasteiger partial charge in [-0.2, -0.15) is 0 Å². The second-order valence-electron chi connectivity index (χ2n) is 6.61. The van der Waals surface area contributed by atoms with Crippen LogP contribution < -0.4 is 10.6 Å². The summed E-state index contributed by atoms with van der Waals surface area (Å²) in [6, 6.07) is 13.3. The molecule has 3 rings (SSSR count). The minimum Gasteiger partial charge on any atom is -0.345 e. The van der Waals surface area contributed by atoms with E-state index in [1.54, 1.807) is 16.7 Å². The van der Waals surface area contributed by atoms with Gasteiger partial charge in [0, 0.05) is 12.2 Å². The number of thioether (sulfide) groups is 1. The number of hydrogen-bond donors (Lipinski definition) is 2. The molecule has 2 aromatic carbocycles. The average Bonchev–Trinajstić information content (AvgIpc) is 3.14. The summed E-state index contributed by atoms with van der Waals surface area (Å²) in [6.45, 7) is 6.12. The molecule has 2 amide bonds. The standard InChI is InChI=1S/C22H22FN5O2S/c1-3-12-28-19(13-24-21(30)16-9-5-6-10-17(16)23)26-27-22(28)31-14-20(29)25-18-11-7-4-8-15(18)2/h3-11H,1,12-14H2,2H3,(H,24,30)(H,25,29). The maximum atomic E-state index is 13.8. The lowest BCUT2D eigenvalue weighted by atomic mass is 10.2. The number of halogens is 1. The van der Waals surface area contributed by atoms with Crippen LogP contribution in [0.2, 0.25) is 0 Å². The van der Waals surface area contributed by atoms with E-state index in [1.165, 1.54) is 30.0 Å². The highest BCUT2D eigenvalue weighted by Crippen LogP contribution is 2.19. The lowest BCUT2D eigenvalue weighted by molar-refractivity contribution is -0.113. The zero-order chi connectivity index (χ0) is 22.2. The molecule has 0 spiro atoms. The summed E-state index contributed by atoms with van der Waals surface area (Å²) in [4.78, 5) is 24.6. The number of carbonyl (C=O) groups is 2. The fourth-order valence-corrected chi connectivity index (χ4v) is 3.57. The molecule has 3 aromatic rings. The van der Waals surface area contributed by atoms with Gasteiger partial charge < -0.3 is 15.2 Å². The van der Waals surface area contributed by atoms with E-state index in [2.05, 4.69) is 27.4 Å². The molecule has 0 saturated carbocycles. The molecule has 0 atom stereocenters. The first-order valence-electron chi connectivity index (χ1n) is 9.53. The van der Waals surface area contributed by atoms with Crippen molar-refractivity contribution < 1.29 is 14.0 Å². The van der Waals surface area contributed by atoms with Crippen molar-refractivity contribution >= 4 is 29.3 Å². The molecule has 9 heteroatoms. The van der Waals surface area contributed by atoms with Gasteiger partial charge in [0.15, 0.2) is 11.0 Å². The zero-order valence-corrected chi connectivity index (χ0v) is 17.8. The van der Waals surface area contributed by atoms with E-state index in [4.69, 9.17) is 0 Å². The van der Waals surface area contributed by atoms with Crippen LogP contribution in [-0.4, -0.2) is 32.3 Å². The van der Waals surface area contributed by atoms with Crippen molar-refractivity contribution in [2.45, 2.75) is 25.2 Å². The average molecular weight is 440 g/mol. The summed E-state index contributed by atoms with van der Waals surface area (Å²) >= 11 is 1.23. The van der Waals surface area contributed by atoms with Crippen molar-refractivity contribution in [1.82, 2.24) is 20.1 Å². The summed E-state index contributed by atoms with van der Waals surface area (Å²) in [7, 11) is 0. The van der Waals surface area contributed by atoms with Crippen molar-refractivity contribution in [3.8, 4) is 0 Å². The summed E-state index contributed by atoms with van der Waals surface area (Å²) in [5.41, 5.74) is 1.69. The number of allylic oxidation sites excluding steroid dienone is 1. The van der Waals surface area contributed by atoms with Gasteiger partial charge in [0.05, 0.1) is 17.9 Å². The van der Waals surface area contributed by atoms with Gasteiger partial charge in [-0.15, -0.1) is 16.8 Å². The summed E-state index contributed by atoms with van der Waals surface area (Å²) < 4.78 is 15.5. The van der Waals surface area contributed by atoms with Crippen LogP contribution >= 0.6 is 11.8 Å². The summed E-state index contributed by atoms with van der Waals surface area (Å²) in [6.07, 6.45) is 1.67. The zero-order valence-electron chi connectivity index (χ0n) is 17.0. The molecule has 0 bridgehead atoms. The van der Waals surface area contributed by atoms with Gasteiger partial charge in [0.1, 0.15) is 5.82 Å². The molecule has 0 unspecified atom stereocenters. The van der Waals surface area contributed by atoms with E-state index >= 15 is 0 Å². The Bertz CT molecular complexity index is 1100. The number of nitrogens with one attached hydrogen (secondary N) is 2. The van der Waals surface area contributed by atoms with Gasteiger partial charge in [-0.05, 0) is 30.7 Å². The molecule has 7 nitrogen and oxygen atoms in total. The Morgan fingerprint density at radius 1 is 1.16 bits per heavy atom. The molecule has 0 saturated heterocycles. The van der Waals surface area contributed by atoms with Crippen molar-refractivity contribution in [1.29, 1.82) is 0 Å². The molecule has 0 aliphatic carbocycles. The van der Waals surface area contributed by atoms with Gasteiger partial charge in [-0.1, -0.05) is 48.2 Å². The Hall–Kier alpha value is -3.46. The minimum atomic E-state index is -0.594. The van der Waals surface area contributed by atoms with Crippen LogP contribution in [0, 0.1) is 12.7 Å². The second kappa shape index (κ2) is 10.5. The SMILES string of the molecule is C=CCn1c(CNC(=O)c2ccccc2F)nnc1SCC(=O)Nc1ccccc1C. The summed E-state index contributed by atoms with van der Waals surface area (Å²) in [5.74, 6) is -0.680. The number of para-hydroxylation sites is 1. The number of aryl methyl sites for hydroxylation is 1. The van der Waals surface area contributed by atoms with Crippen LogP contribution in [-0.2, 0) is 17.9 Å². The van der Waals surface area contributed by atoms with Gasteiger partial charge in [-0.3, -0.25) is 9.59 Å². The highest BCUT2D eigenvalue weighted by molar-refractivity contribution is 7.99. The topological polar surface area (TPSA) is 88.9 Å². The molecular weight excluding hydrogens is 417 g/mol. The number of aromatic nitrogens is 3. The smallest absolute Gasteiger partial charge is 0.254 e. The van der Waals surface area contributed by atoms with Crippen LogP contribution in [0.3, 0.4) is 0 Å². The van der Waals surface area contributed by atoms with E-state index in [9.17, 15) is 14.0 Å². The molecule has 0 fully saturated rings. The van der Waals surface area contributed by atoms with Crippen LogP contribution in [0.4, 0.5) is 10.1 Å². The van der Waals surface area contributed by atoms with E-state index in [0.29, 0.717) is 17.5 Å². The van der Waals surface area contributed by atoms with Gasteiger partial charge >= 0.3 is 0 Å². The molecule has 1 aromatic heterocycles. The third-order valence-electron chi connectivity index (χ3n) is 4.38. The summed E-state index contributed by atoms with van der Waals surface area (Å²) in [5, 5.41) is 14.3. The van der Waals surface area contributed by atoms with Gasteiger partial charge in [-0.25, -0.2) is 4.39 Å². The quantitative estimate of drug-likeness (QED) is 0.393. The van der Waals surface area contributed by atoms with Crippen molar-refractivity contribution in [3.63, 3.8) is 0 Å². The number of hydrogen-bond acceptors (Lipinski definition) is 5. The Morgan fingerprint density at radius 3 is 2.65 bits per heavy atom. The van der Waals surface area contributed by atoms with Crippen LogP contribution in [0.15, 0.2) is 66.3 Å². The Morgan fingerprint density at radius 2 is 1.90 bits per heavy atom.